The molecule has 0 aliphatic heterocycles. The van der Waals surface area contributed by atoms with Crippen molar-refractivity contribution in [1.82, 2.24) is 4.90 Å². The molecule has 0 amide bonds. The third-order valence-corrected chi connectivity index (χ3v) is 3.72. The maximum atomic E-state index is 5.95. The Morgan fingerprint density at radius 2 is 1.48 bits per heavy atom. The fraction of sp³-hybridized carbons (Fsp3) is 0.333. The minimum atomic E-state index is 0.269. The first-order valence-corrected chi connectivity index (χ1v) is 7.55. The summed E-state index contributed by atoms with van der Waals surface area (Å²) in [5.41, 5.74) is 7.18. The number of nitrogens with two attached hydrogens (primary N) is 1. The van der Waals surface area contributed by atoms with E-state index in [0.717, 1.165) is 24.6 Å². The Balaban J connectivity index is 2.10. The first-order valence-electron chi connectivity index (χ1n) is 7.55. The standard InChI is InChI=1S/C18H24N2O/c1-3-20(4-2)18(14-19)15-10-12-17(13-11-15)21-16-8-6-5-7-9-16/h5-13,18H,3-4,14,19H2,1-2H3. The molecule has 112 valence electrons. The highest BCUT2D eigenvalue weighted by Crippen LogP contribution is 2.25. The third kappa shape index (κ3) is 4.06. The second kappa shape index (κ2) is 7.81. The number of rotatable bonds is 7. The van der Waals surface area contributed by atoms with Crippen LogP contribution in [0, 0.1) is 0 Å². The highest BCUT2D eigenvalue weighted by molar-refractivity contribution is 5.34. The van der Waals surface area contributed by atoms with Crippen molar-refractivity contribution in [3.8, 4) is 11.5 Å². The molecule has 2 rings (SSSR count). The first kappa shape index (κ1) is 15.5. The number of ether oxygens (including phenoxy) is 1. The maximum absolute atomic E-state index is 5.95. The van der Waals surface area contributed by atoms with Crippen LogP contribution in [0.1, 0.15) is 25.5 Å². The molecule has 0 fully saturated rings. The van der Waals surface area contributed by atoms with Gasteiger partial charge in [-0.15, -0.1) is 0 Å². The van der Waals surface area contributed by atoms with Crippen LogP contribution in [0.5, 0.6) is 11.5 Å². The second-order valence-corrected chi connectivity index (χ2v) is 4.96. The van der Waals surface area contributed by atoms with Crippen LogP contribution in [-0.2, 0) is 0 Å². The number of likely N-dealkylation sites (N-methyl/N-ethyl adjacent to an activating group) is 1. The highest BCUT2D eigenvalue weighted by atomic mass is 16.5. The Morgan fingerprint density at radius 1 is 0.905 bits per heavy atom. The van der Waals surface area contributed by atoms with Gasteiger partial charge in [-0.3, -0.25) is 4.90 Å². The van der Waals surface area contributed by atoms with E-state index in [1.807, 2.05) is 42.5 Å². The monoisotopic (exact) mass is 284 g/mol. The van der Waals surface area contributed by atoms with E-state index in [2.05, 4.69) is 30.9 Å². The van der Waals surface area contributed by atoms with Crippen molar-refractivity contribution < 1.29 is 4.74 Å². The second-order valence-electron chi connectivity index (χ2n) is 4.96. The van der Waals surface area contributed by atoms with E-state index in [9.17, 15) is 0 Å². The lowest BCUT2D eigenvalue weighted by atomic mass is 10.1. The van der Waals surface area contributed by atoms with Crippen molar-refractivity contribution >= 4 is 0 Å². The van der Waals surface area contributed by atoms with Crippen LogP contribution in [0.3, 0.4) is 0 Å². The summed E-state index contributed by atoms with van der Waals surface area (Å²) in [4.78, 5) is 2.37. The molecule has 2 aromatic carbocycles. The van der Waals surface area contributed by atoms with Crippen molar-refractivity contribution in [3.63, 3.8) is 0 Å². The quantitative estimate of drug-likeness (QED) is 0.840. The van der Waals surface area contributed by atoms with Gasteiger partial charge in [0.15, 0.2) is 0 Å². The van der Waals surface area contributed by atoms with Gasteiger partial charge in [-0.1, -0.05) is 44.2 Å². The van der Waals surface area contributed by atoms with Crippen LogP contribution in [-0.4, -0.2) is 24.5 Å². The SMILES string of the molecule is CCN(CC)C(CN)c1ccc(Oc2ccccc2)cc1. The molecule has 0 aromatic heterocycles. The topological polar surface area (TPSA) is 38.5 Å². The summed E-state index contributed by atoms with van der Waals surface area (Å²) in [6.45, 7) is 6.96. The van der Waals surface area contributed by atoms with Crippen molar-refractivity contribution in [3.05, 3.63) is 60.2 Å². The van der Waals surface area contributed by atoms with Crippen LogP contribution in [0.25, 0.3) is 0 Å². The molecular weight excluding hydrogens is 260 g/mol. The summed E-state index contributed by atoms with van der Waals surface area (Å²) in [5, 5.41) is 0. The van der Waals surface area contributed by atoms with Gasteiger partial charge >= 0.3 is 0 Å². The minimum absolute atomic E-state index is 0.269. The third-order valence-electron chi connectivity index (χ3n) is 3.72. The molecule has 0 bridgehead atoms. The summed E-state index contributed by atoms with van der Waals surface area (Å²) in [6, 6.07) is 18.3. The van der Waals surface area contributed by atoms with Crippen LogP contribution in [0.4, 0.5) is 0 Å². The molecule has 1 unspecified atom stereocenters. The van der Waals surface area contributed by atoms with Crippen LogP contribution in [0.2, 0.25) is 0 Å². The molecule has 3 heteroatoms. The van der Waals surface area contributed by atoms with Gasteiger partial charge in [-0.2, -0.15) is 0 Å². The molecule has 1 atom stereocenters. The lowest BCUT2D eigenvalue weighted by Crippen LogP contribution is -2.33. The molecule has 0 radical (unpaired) electrons. The Morgan fingerprint density at radius 3 is 2.00 bits per heavy atom. The maximum Gasteiger partial charge on any atom is 0.127 e. The molecule has 3 nitrogen and oxygen atoms in total. The lowest BCUT2D eigenvalue weighted by Gasteiger charge is -2.29. The zero-order chi connectivity index (χ0) is 15.1. The zero-order valence-corrected chi connectivity index (χ0v) is 12.8. The summed E-state index contributed by atoms with van der Waals surface area (Å²) in [6.07, 6.45) is 0. The van der Waals surface area contributed by atoms with Gasteiger partial charge in [0, 0.05) is 12.6 Å². The summed E-state index contributed by atoms with van der Waals surface area (Å²) in [5.74, 6) is 1.70. The molecule has 21 heavy (non-hydrogen) atoms. The number of hydrogen-bond donors (Lipinski definition) is 1. The van der Waals surface area contributed by atoms with Crippen molar-refractivity contribution in [2.24, 2.45) is 5.73 Å². The highest BCUT2D eigenvalue weighted by Gasteiger charge is 2.15. The Bertz CT molecular complexity index is 521. The summed E-state index contributed by atoms with van der Waals surface area (Å²) < 4.78 is 5.82. The molecule has 0 spiro atoms. The summed E-state index contributed by atoms with van der Waals surface area (Å²) in [7, 11) is 0. The number of benzene rings is 2. The van der Waals surface area contributed by atoms with Gasteiger partial charge in [-0.05, 0) is 42.9 Å². The molecule has 0 heterocycles. The number of nitrogens with zero attached hydrogens (tertiary/aromatic N) is 1. The number of hydrogen-bond acceptors (Lipinski definition) is 3. The van der Waals surface area contributed by atoms with Crippen molar-refractivity contribution in [2.75, 3.05) is 19.6 Å². The van der Waals surface area contributed by atoms with Gasteiger partial charge in [0.1, 0.15) is 11.5 Å². The molecule has 0 saturated carbocycles. The molecule has 0 saturated heterocycles. The molecule has 2 N–H and O–H groups in total. The normalized spacial score (nSPS) is 12.4. The van der Waals surface area contributed by atoms with Crippen molar-refractivity contribution in [1.29, 1.82) is 0 Å². The largest absolute Gasteiger partial charge is 0.457 e. The Kier molecular flexibility index (Phi) is 5.78. The predicted octanol–water partition coefficient (Wildman–Crippen LogP) is 3.82. The molecular formula is C18H24N2O. The first-order chi connectivity index (χ1) is 10.3. The van der Waals surface area contributed by atoms with Crippen LogP contribution < -0.4 is 10.5 Å². The van der Waals surface area contributed by atoms with Gasteiger partial charge in [-0.25, -0.2) is 0 Å². The number of para-hydroxylation sites is 1. The van der Waals surface area contributed by atoms with E-state index in [4.69, 9.17) is 10.5 Å². The van der Waals surface area contributed by atoms with Gasteiger partial charge in [0.25, 0.3) is 0 Å². The van der Waals surface area contributed by atoms with Gasteiger partial charge in [0.05, 0.1) is 0 Å². The smallest absolute Gasteiger partial charge is 0.127 e. The van der Waals surface area contributed by atoms with Gasteiger partial charge in [0.2, 0.25) is 0 Å². The lowest BCUT2D eigenvalue weighted by molar-refractivity contribution is 0.224. The fourth-order valence-corrected chi connectivity index (χ4v) is 2.54. The average Bonchev–Trinajstić information content (AvgIpc) is 2.54. The fourth-order valence-electron chi connectivity index (χ4n) is 2.54. The summed E-state index contributed by atoms with van der Waals surface area (Å²) >= 11 is 0. The van der Waals surface area contributed by atoms with Crippen molar-refractivity contribution in [2.45, 2.75) is 19.9 Å². The van der Waals surface area contributed by atoms with E-state index in [1.54, 1.807) is 0 Å². The average molecular weight is 284 g/mol. The predicted molar refractivity (Wildman–Crippen MR) is 87.7 cm³/mol. The Labute approximate surface area is 127 Å². The zero-order valence-electron chi connectivity index (χ0n) is 12.8. The minimum Gasteiger partial charge on any atom is -0.457 e. The van der Waals surface area contributed by atoms with E-state index < -0.39 is 0 Å². The molecule has 2 aromatic rings. The van der Waals surface area contributed by atoms with E-state index in [0.29, 0.717) is 6.54 Å². The van der Waals surface area contributed by atoms with Crippen LogP contribution in [0.15, 0.2) is 54.6 Å². The molecule has 0 aliphatic rings. The van der Waals surface area contributed by atoms with Crippen LogP contribution >= 0.6 is 0 Å². The Hall–Kier alpha value is -1.84. The molecule has 0 aliphatic carbocycles. The van der Waals surface area contributed by atoms with E-state index in [1.165, 1.54) is 5.56 Å². The van der Waals surface area contributed by atoms with Gasteiger partial charge < -0.3 is 10.5 Å². The van der Waals surface area contributed by atoms with E-state index in [-0.39, 0.29) is 6.04 Å². The van der Waals surface area contributed by atoms with E-state index >= 15 is 0 Å².